The molecule has 0 saturated heterocycles. The van der Waals surface area contributed by atoms with E-state index in [1.165, 1.54) is 36.2 Å². The highest BCUT2D eigenvalue weighted by atomic mass is 79.9. The molecule has 2 bridgehead atoms. The summed E-state index contributed by atoms with van der Waals surface area (Å²) in [5.41, 5.74) is 3.15. The molecule has 0 unspecified atom stereocenters. The molecule has 7 heteroatoms. The second kappa shape index (κ2) is 8.43. The number of rotatable bonds is 4. The maximum atomic E-state index is 13.2. The minimum atomic E-state index is -0.154. The first-order valence-corrected chi connectivity index (χ1v) is 14.0. The minimum Gasteiger partial charge on any atom is -0.325 e. The van der Waals surface area contributed by atoms with Gasteiger partial charge in [0.25, 0.3) is 0 Å². The van der Waals surface area contributed by atoms with E-state index in [-0.39, 0.29) is 23.2 Å². The van der Waals surface area contributed by atoms with Gasteiger partial charge in [-0.15, -0.1) is 11.8 Å². The maximum Gasteiger partial charge on any atom is 0.308 e. The smallest absolute Gasteiger partial charge is 0.308 e. The summed E-state index contributed by atoms with van der Waals surface area (Å²) in [5, 5.41) is 4.52. The van der Waals surface area contributed by atoms with Crippen LogP contribution in [-0.2, 0) is 11.3 Å². The van der Waals surface area contributed by atoms with E-state index in [4.69, 9.17) is 0 Å². The van der Waals surface area contributed by atoms with Crippen LogP contribution in [0.25, 0.3) is 0 Å². The summed E-state index contributed by atoms with van der Waals surface area (Å²) in [5.74, 6) is 2.13. The molecule has 5 atom stereocenters. The lowest BCUT2D eigenvalue weighted by Crippen LogP contribution is -2.34. The van der Waals surface area contributed by atoms with Gasteiger partial charge in [-0.2, -0.15) is 0 Å². The number of halogens is 1. The van der Waals surface area contributed by atoms with Crippen LogP contribution >= 0.6 is 39.0 Å². The van der Waals surface area contributed by atoms with Crippen molar-refractivity contribution in [3.8, 4) is 0 Å². The van der Waals surface area contributed by atoms with Crippen molar-refractivity contribution in [1.29, 1.82) is 0 Å². The highest BCUT2D eigenvalue weighted by molar-refractivity contribution is 9.10. The van der Waals surface area contributed by atoms with Crippen molar-refractivity contribution in [3.63, 3.8) is 0 Å². The number of carbonyl (C=O) groups is 1. The number of thioether (sulfide) groups is 1. The van der Waals surface area contributed by atoms with Crippen molar-refractivity contribution in [2.24, 2.45) is 17.8 Å². The fourth-order valence-corrected chi connectivity index (χ4v) is 9.61. The number of thiazole rings is 1. The van der Waals surface area contributed by atoms with Gasteiger partial charge in [0, 0.05) is 26.2 Å². The normalized spacial score (nSPS) is 27.3. The fraction of sp³-hybridized carbons (Fsp3) is 0.385. The lowest BCUT2D eigenvalue weighted by Gasteiger charge is -2.40. The standard InChI is InChI=1S/C26H25BrN2O2S2/c1-14-3-2-4-19(11-14)28-20(30)13-29-25-24(33-26(29)31)21(15-7-9-18(27)10-8-15)22-16-5-6-17(12-16)23(22)32-25/h2-4,7-11,16-17,21-23H,5-6,12-13H2,1H3,(H,28,30)/t16-,17-,21-,22-,23+/m0/s1. The highest BCUT2D eigenvalue weighted by Gasteiger charge is 2.55. The summed E-state index contributed by atoms with van der Waals surface area (Å²) >= 11 is 6.78. The average Bonchev–Trinajstić information content (AvgIpc) is 3.48. The van der Waals surface area contributed by atoms with Crippen molar-refractivity contribution < 1.29 is 4.79 Å². The topological polar surface area (TPSA) is 51.1 Å². The molecule has 2 saturated carbocycles. The Balaban J connectivity index is 1.37. The molecule has 2 aliphatic carbocycles. The van der Waals surface area contributed by atoms with E-state index < -0.39 is 0 Å². The van der Waals surface area contributed by atoms with E-state index in [1.807, 2.05) is 43.0 Å². The number of nitrogens with zero attached hydrogens (tertiary/aromatic N) is 1. The van der Waals surface area contributed by atoms with E-state index in [1.54, 1.807) is 4.57 Å². The lowest BCUT2D eigenvalue weighted by molar-refractivity contribution is -0.116. The Morgan fingerprint density at radius 3 is 2.73 bits per heavy atom. The number of hydrogen-bond donors (Lipinski definition) is 1. The zero-order chi connectivity index (χ0) is 22.7. The molecule has 0 radical (unpaired) electrons. The molecular weight excluding hydrogens is 516 g/mol. The Labute approximate surface area is 209 Å². The van der Waals surface area contributed by atoms with Crippen LogP contribution in [0.4, 0.5) is 5.69 Å². The predicted molar refractivity (Wildman–Crippen MR) is 138 cm³/mol. The third-order valence-electron chi connectivity index (χ3n) is 7.52. The molecule has 2 fully saturated rings. The van der Waals surface area contributed by atoms with E-state index in [0.717, 1.165) is 37.5 Å². The van der Waals surface area contributed by atoms with Crippen molar-refractivity contribution in [3.05, 3.63) is 78.7 Å². The molecule has 170 valence electrons. The first kappa shape index (κ1) is 21.7. The summed E-state index contributed by atoms with van der Waals surface area (Å²) in [7, 11) is 0. The first-order valence-electron chi connectivity index (χ1n) is 11.5. The SMILES string of the molecule is Cc1cccc(NC(=O)Cn2c3c(sc2=O)[C@@H](c2ccc(Br)cc2)[C@@H]2[C@H]4CC[C@@H](C4)[C@H]2S3)c1. The minimum absolute atomic E-state index is 0.0266. The van der Waals surface area contributed by atoms with Crippen LogP contribution in [0, 0.1) is 24.7 Å². The van der Waals surface area contributed by atoms with Gasteiger partial charge in [0.1, 0.15) is 6.54 Å². The number of anilines is 1. The molecule has 4 nitrogen and oxygen atoms in total. The molecule has 1 amide bonds. The fourth-order valence-electron chi connectivity index (χ4n) is 6.20. The van der Waals surface area contributed by atoms with Gasteiger partial charge < -0.3 is 5.32 Å². The first-order chi connectivity index (χ1) is 16.0. The van der Waals surface area contributed by atoms with E-state index >= 15 is 0 Å². The van der Waals surface area contributed by atoms with Crippen molar-refractivity contribution in [2.75, 3.05) is 5.32 Å². The monoisotopic (exact) mass is 540 g/mol. The Hall–Kier alpha value is -1.83. The van der Waals surface area contributed by atoms with E-state index in [0.29, 0.717) is 11.2 Å². The largest absolute Gasteiger partial charge is 0.325 e. The van der Waals surface area contributed by atoms with Crippen LogP contribution in [0.3, 0.4) is 0 Å². The molecular formula is C26H25BrN2O2S2. The number of benzene rings is 2. The Morgan fingerprint density at radius 1 is 1.15 bits per heavy atom. The molecule has 1 N–H and O–H groups in total. The van der Waals surface area contributed by atoms with Crippen molar-refractivity contribution in [1.82, 2.24) is 4.57 Å². The number of fused-ring (bicyclic) bond motifs is 6. The van der Waals surface area contributed by atoms with Crippen molar-refractivity contribution >= 4 is 50.6 Å². The average molecular weight is 542 g/mol. The molecule has 2 aromatic carbocycles. The lowest BCUT2D eigenvalue weighted by atomic mass is 9.75. The van der Waals surface area contributed by atoms with Crippen molar-refractivity contribution in [2.45, 2.75) is 48.9 Å². The summed E-state index contributed by atoms with van der Waals surface area (Å²) in [6, 6.07) is 16.4. The third kappa shape index (κ3) is 3.82. The van der Waals surface area contributed by atoms with E-state index in [9.17, 15) is 9.59 Å². The number of nitrogens with one attached hydrogen (secondary N) is 1. The van der Waals surface area contributed by atoms with E-state index in [2.05, 4.69) is 45.5 Å². The predicted octanol–water partition coefficient (Wildman–Crippen LogP) is 6.27. The van der Waals surface area contributed by atoms with Crippen LogP contribution in [0.2, 0.25) is 0 Å². The van der Waals surface area contributed by atoms with Gasteiger partial charge in [-0.1, -0.05) is 51.5 Å². The summed E-state index contributed by atoms with van der Waals surface area (Å²) in [6.07, 6.45) is 3.91. The Bertz CT molecular complexity index is 1280. The zero-order valence-electron chi connectivity index (χ0n) is 18.3. The van der Waals surface area contributed by atoms with Crippen LogP contribution in [0.15, 0.2) is 62.8 Å². The van der Waals surface area contributed by atoms with Crippen LogP contribution in [-0.4, -0.2) is 15.7 Å². The number of amides is 1. The van der Waals surface area contributed by atoms with Gasteiger partial charge >= 0.3 is 4.87 Å². The summed E-state index contributed by atoms with van der Waals surface area (Å²) in [4.78, 5) is 27.2. The number of aryl methyl sites for hydroxylation is 1. The quantitative estimate of drug-likeness (QED) is 0.424. The molecule has 2 heterocycles. The summed E-state index contributed by atoms with van der Waals surface area (Å²) in [6.45, 7) is 2.06. The highest BCUT2D eigenvalue weighted by Crippen LogP contribution is 2.64. The van der Waals surface area contributed by atoms with Crippen LogP contribution < -0.4 is 10.2 Å². The maximum absolute atomic E-state index is 13.2. The Kier molecular flexibility index (Phi) is 5.54. The van der Waals surface area contributed by atoms with Gasteiger partial charge in [-0.05, 0) is 79.3 Å². The Morgan fingerprint density at radius 2 is 1.94 bits per heavy atom. The van der Waals surface area contributed by atoms with Gasteiger partial charge in [0.15, 0.2) is 0 Å². The van der Waals surface area contributed by atoms with Crippen LogP contribution in [0.1, 0.15) is 41.2 Å². The van der Waals surface area contributed by atoms with Gasteiger partial charge in [0.2, 0.25) is 5.91 Å². The molecule has 33 heavy (non-hydrogen) atoms. The number of aromatic nitrogens is 1. The van der Waals surface area contributed by atoms with Gasteiger partial charge in [0.05, 0.1) is 5.03 Å². The molecule has 3 aromatic rings. The molecule has 1 aliphatic heterocycles. The zero-order valence-corrected chi connectivity index (χ0v) is 21.5. The molecule has 1 aromatic heterocycles. The number of hydrogen-bond acceptors (Lipinski definition) is 4. The van der Waals surface area contributed by atoms with Gasteiger partial charge in [-0.25, -0.2) is 0 Å². The molecule has 6 rings (SSSR count). The molecule has 3 aliphatic rings. The van der Waals surface area contributed by atoms with Crippen LogP contribution in [0.5, 0.6) is 0 Å². The third-order valence-corrected chi connectivity index (χ3v) is 10.9. The second-order valence-electron chi connectivity index (χ2n) is 9.56. The molecule has 0 spiro atoms. The second-order valence-corrected chi connectivity index (χ2v) is 12.6. The van der Waals surface area contributed by atoms with Gasteiger partial charge in [-0.3, -0.25) is 14.2 Å². The number of carbonyl (C=O) groups excluding carboxylic acids is 1. The summed E-state index contributed by atoms with van der Waals surface area (Å²) < 4.78 is 2.80.